The van der Waals surface area contributed by atoms with Crippen LogP contribution in [0.3, 0.4) is 0 Å². The zero-order chi connectivity index (χ0) is 36.6. The first-order chi connectivity index (χ1) is 23.0. The van der Waals surface area contributed by atoms with Gasteiger partial charge in [0.1, 0.15) is 18.9 Å². The summed E-state index contributed by atoms with van der Waals surface area (Å²) in [6, 6.07) is 0.606. The molecule has 3 saturated heterocycles. The highest BCUT2D eigenvalue weighted by Gasteiger charge is 2.40. The SMILES string of the molecule is CC.CC.CC.CC.CC.CN1CC(CCC2=CCCC=C2)CC1C=O.CN1CC2CCCCC2C1C=O.CN1CCCCC1C=O. The molecule has 0 spiro atoms. The summed E-state index contributed by atoms with van der Waals surface area (Å²) in [5, 5.41) is 0. The summed E-state index contributed by atoms with van der Waals surface area (Å²) in [6.45, 7) is 23.3. The van der Waals surface area contributed by atoms with E-state index in [-0.39, 0.29) is 18.1 Å². The van der Waals surface area contributed by atoms with Crippen molar-refractivity contribution in [2.24, 2.45) is 17.8 Å². The lowest BCUT2D eigenvalue weighted by Crippen LogP contribution is -2.37. The summed E-state index contributed by atoms with van der Waals surface area (Å²) in [5.41, 5.74) is 1.49. The van der Waals surface area contributed by atoms with Crippen molar-refractivity contribution >= 4 is 18.9 Å². The Balaban J connectivity index is -0.000000558. The van der Waals surface area contributed by atoms with Gasteiger partial charge in [0.05, 0.1) is 18.1 Å². The summed E-state index contributed by atoms with van der Waals surface area (Å²) in [6.07, 6.45) is 24.9. The topological polar surface area (TPSA) is 60.9 Å². The fourth-order valence-electron chi connectivity index (χ4n) is 6.94. The van der Waals surface area contributed by atoms with Gasteiger partial charge in [-0.15, -0.1) is 0 Å². The summed E-state index contributed by atoms with van der Waals surface area (Å²) in [5.74, 6) is 2.21. The minimum Gasteiger partial charge on any atom is -0.302 e. The van der Waals surface area contributed by atoms with Crippen LogP contribution in [0.5, 0.6) is 0 Å². The number of carbonyl (C=O) groups is 3. The van der Waals surface area contributed by atoms with Crippen LogP contribution in [0.25, 0.3) is 0 Å². The molecule has 0 aromatic rings. The minimum absolute atomic E-state index is 0.167. The Labute approximate surface area is 294 Å². The zero-order valence-corrected chi connectivity index (χ0v) is 33.6. The fraction of sp³-hybridized carbons (Fsp3) is 0.829. The van der Waals surface area contributed by atoms with Gasteiger partial charge >= 0.3 is 0 Å². The van der Waals surface area contributed by atoms with Gasteiger partial charge in [-0.05, 0) is 103 Å². The zero-order valence-electron chi connectivity index (χ0n) is 33.6. The Bertz CT molecular complexity index is 784. The number of likely N-dealkylation sites (tertiary alicyclic amines) is 3. The van der Waals surface area contributed by atoms with E-state index >= 15 is 0 Å². The predicted molar refractivity (Wildman–Crippen MR) is 207 cm³/mol. The van der Waals surface area contributed by atoms with Crippen molar-refractivity contribution in [3.05, 3.63) is 23.8 Å². The number of hydrogen-bond acceptors (Lipinski definition) is 6. The van der Waals surface area contributed by atoms with Crippen LogP contribution >= 0.6 is 0 Å². The van der Waals surface area contributed by atoms with Crippen LogP contribution in [0.4, 0.5) is 0 Å². The number of piperidine rings is 1. The van der Waals surface area contributed by atoms with Crippen LogP contribution in [0.2, 0.25) is 0 Å². The first-order valence-corrected chi connectivity index (χ1v) is 19.8. The van der Waals surface area contributed by atoms with Crippen LogP contribution in [0, 0.1) is 17.8 Å². The van der Waals surface area contributed by atoms with Crippen LogP contribution < -0.4 is 0 Å². The van der Waals surface area contributed by atoms with E-state index in [1.165, 1.54) is 69.8 Å². The van der Waals surface area contributed by atoms with Gasteiger partial charge in [-0.1, -0.05) is 112 Å². The van der Waals surface area contributed by atoms with Crippen LogP contribution in [0.1, 0.15) is 146 Å². The third-order valence-electron chi connectivity index (χ3n) is 9.32. The smallest absolute Gasteiger partial charge is 0.137 e. The molecule has 1 saturated carbocycles. The number of aldehydes is 3. The van der Waals surface area contributed by atoms with Crippen LogP contribution in [-0.2, 0) is 14.4 Å². The van der Waals surface area contributed by atoms with Crippen molar-refractivity contribution < 1.29 is 14.4 Å². The molecule has 5 aliphatic rings. The highest BCUT2D eigenvalue weighted by atomic mass is 16.1. The molecule has 0 radical (unpaired) electrons. The van der Waals surface area contributed by atoms with Crippen molar-refractivity contribution in [3.8, 4) is 0 Å². The number of nitrogens with zero attached hydrogens (tertiary/aromatic N) is 3. The second-order valence-electron chi connectivity index (χ2n) is 12.0. The van der Waals surface area contributed by atoms with E-state index in [0.29, 0.717) is 11.8 Å². The van der Waals surface area contributed by atoms with Crippen molar-refractivity contribution in [2.75, 3.05) is 40.8 Å². The van der Waals surface area contributed by atoms with Crippen molar-refractivity contribution in [2.45, 2.75) is 164 Å². The highest BCUT2D eigenvalue weighted by Crippen LogP contribution is 2.38. The molecular formula is C41H81N3O3. The maximum absolute atomic E-state index is 10.8. The van der Waals surface area contributed by atoms with E-state index in [2.05, 4.69) is 47.0 Å². The van der Waals surface area contributed by atoms with Crippen molar-refractivity contribution in [3.63, 3.8) is 0 Å². The molecule has 3 heterocycles. The number of likely N-dealkylation sites (N-methyl/N-ethyl adjacent to an activating group) is 3. The van der Waals surface area contributed by atoms with Crippen molar-refractivity contribution in [1.29, 1.82) is 0 Å². The van der Waals surface area contributed by atoms with Gasteiger partial charge in [0.15, 0.2) is 0 Å². The average Bonchev–Trinajstić information content (AvgIpc) is 3.69. The molecule has 0 bridgehead atoms. The highest BCUT2D eigenvalue weighted by molar-refractivity contribution is 5.59. The minimum atomic E-state index is 0.167. The van der Waals surface area contributed by atoms with Crippen LogP contribution in [0.15, 0.2) is 23.8 Å². The molecule has 0 aromatic heterocycles. The Morgan fingerprint density at radius 1 is 0.660 bits per heavy atom. The normalized spacial score (nSPS) is 27.6. The van der Waals surface area contributed by atoms with Gasteiger partial charge in [0, 0.05) is 13.1 Å². The average molecular weight is 664 g/mol. The summed E-state index contributed by atoms with van der Waals surface area (Å²) in [4.78, 5) is 38.5. The van der Waals surface area contributed by atoms with Crippen LogP contribution in [-0.4, -0.2) is 92.5 Å². The standard InChI is InChI=1S/C14H21NO.C10H17NO.C7H13NO.5C2H6/c1-15-10-13(9-14(15)11-16)8-7-12-5-3-2-4-6-12;1-11-6-8-4-2-3-5-9(8)10(11)7-12;1-8-5-3-2-4-7(8)6-9;5*1-2/h3,5-6,11,13-14H,2,4,7-10H2,1H3;7-10H,2-6H2,1H3;6-7H,2-5H2,1H3;5*1-2H3. The largest absolute Gasteiger partial charge is 0.302 e. The van der Waals surface area contributed by atoms with Gasteiger partial charge in [0.2, 0.25) is 0 Å². The molecule has 0 aromatic carbocycles. The number of allylic oxidation sites excluding steroid dienone is 4. The molecule has 0 amide bonds. The molecule has 5 rings (SSSR count). The van der Waals surface area contributed by atoms with E-state index in [1.54, 1.807) is 0 Å². The molecule has 4 fully saturated rings. The lowest BCUT2D eigenvalue weighted by atomic mass is 9.79. The maximum Gasteiger partial charge on any atom is 0.137 e. The molecule has 278 valence electrons. The molecule has 6 atom stereocenters. The monoisotopic (exact) mass is 664 g/mol. The number of fused-ring (bicyclic) bond motifs is 1. The molecule has 0 N–H and O–H groups in total. The van der Waals surface area contributed by atoms with Gasteiger partial charge in [0.25, 0.3) is 0 Å². The lowest BCUT2D eigenvalue weighted by molar-refractivity contribution is -0.113. The molecular weight excluding hydrogens is 582 g/mol. The van der Waals surface area contributed by atoms with Gasteiger partial charge in [-0.25, -0.2) is 0 Å². The molecule has 2 aliphatic carbocycles. The van der Waals surface area contributed by atoms with E-state index in [0.717, 1.165) is 57.3 Å². The Kier molecular flexibility index (Phi) is 36.2. The third kappa shape index (κ3) is 19.8. The summed E-state index contributed by atoms with van der Waals surface area (Å²) in [7, 11) is 6.15. The van der Waals surface area contributed by atoms with Gasteiger partial charge in [-0.3, -0.25) is 14.7 Å². The van der Waals surface area contributed by atoms with E-state index < -0.39 is 0 Å². The second-order valence-corrected chi connectivity index (χ2v) is 12.0. The number of carbonyl (C=O) groups excluding carboxylic acids is 3. The lowest BCUT2D eigenvalue weighted by Gasteiger charge is -2.27. The predicted octanol–water partition coefficient (Wildman–Crippen LogP) is 9.67. The Morgan fingerprint density at radius 2 is 1.26 bits per heavy atom. The molecule has 3 aliphatic heterocycles. The molecule has 6 heteroatoms. The summed E-state index contributed by atoms with van der Waals surface area (Å²) >= 11 is 0. The number of rotatable bonds is 6. The van der Waals surface area contributed by atoms with Crippen molar-refractivity contribution in [1.82, 2.24) is 14.7 Å². The first kappa shape index (κ1) is 49.8. The van der Waals surface area contributed by atoms with Gasteiger partial charge < -0.3 is 14.4 Å². The molecule has 6 unspecified atom stereocenters. The molecule has 6 nitrogen and oxygen atoms in total. The van der Waals surface area contributed by atoms with E-state index in [9.17, 15) is 14.4 Å². The quantitative estimate of drug-likeness (QED) is 0.264. The number of hydrogen-bond donors (Lipinski definition) is 0. The van der Waals surface area contributed by atoms with E-state index in [4.69, 9.17) is 0 Å². The van der Waals surface area contributed by atoms with Gasteiger partial charge in [-0.2, -0.15) is 0 Å². The fourth-order valence-corrected chi connectivity index (χ4v) is 6.94. The van der Waals surface area contributed by atoms with E-state index in [1.807, 2.05) is 76.3 Å². The first-order valence-electron chi connectivity index (χ1n) is 19.8. The second kappa shape index (κ2) is 34.2. The summed E-state index contributed by atoms with van der Waals surface area (Å²) < 4.78 is 0. The maximum atomic E-state index is 10.8. The Morgan fingerprint density at radius 3 is 1.74 bits per heavy atom. The third-order valence-corrected chi connectivity index (χ3v) is 9.32. The Hall–Kier alpha value is -1.63. The molecule has 47 heavy (non-hydrogen) atoms.